The van der Waals surface area contributed by atoms with Gasteiger partial charge in [0.15, 0.2) is 0 Å². The summed E-state index contributed by atoms with van der Waals surface area (Å²) >= 11 is 3.52. The second-order valence-corrected chi connectivity index (χ2v) is 5.37. The van der Waals surface area contributed by atoms with E-state index in [4.69, 9.17) is 5.73 Å². The molecule has 1 aliphatic heterocycles. The number of benzene rings is 1. The second kappa shape index (κ2) is 5.80. The molecule has 1 aromatic rings. The molecule has 0 aliphatic carbocycles. The molecule has 0 bridgehead atoms. The van der Waals surface area contributed by atoms with E-state index in [2.05, 4.69) is 45.5 Å². The molecule has 0 amide bonds. The van der Waals surface area contributed by atoms with Gasteiger partial charge in [0.2, 0.25) is 0 Å². The van der Waals surface area contributed by atoms with Crippen LogP contribution in [0.5, 0.6) is 0 Å². The number of nitrogens with two attached hydrogens (primary N) is 1. The number of hydrogen-bond donors (Lipinski definition) is 2. The Hall–Kier alpha value is -0.380. The van der Waals surface area contributed by atoms with Gasteiger partial charge in [-0.1, -0.05) is 34.5 Å². The van der Waals surface area contributed by atoms with E-state index < -0.39 is 0 Å². The number of nitrogens with one attached hydrogen (secondary N) is 1. The van der Waals surface area contributed by atoms with Crippen LogP contribution in [0, 0.1) is 0 Å². The van der Waals surface area contributed by atoms with E-state index in [0.717, 1.165) is 11.0 Å². The quantitative estimate of drug-likeness (QED) is 0.895. The molecule has 88 valence electrons. The van der Waals surface area contributed by atoms with E-state index in [0.29, 0.717) is 18.5 Å². The first-order valence-electron chi connectivity index (χ1n) is 6.00. The van der Waals surface area contributed by atoms with Crippen molar-refractivity contribution in [3.05, 3.63) is 34.3 Å². The Morgan fingerprint density at radius 1 is 1.44 bits per heavy atom. The van der Waals surface area contributed by atoms with Crippen LogP contribution in [0.4, 0.5) is 0 Å². The zero-order valence-electron chi connectivity index (χ0n) is 9.45. The van der Waals surface area contributed by atoms with Gasteiger partial charge in [0.1, 0.15) is 0 Å². The van der Waals surface area contributed by atoms with Crippen molar-refractivity contribution in [3.8, 4) is 0 Å². The smallest absolute Gasteiger partial charge is 0.0178 e. The topological polar surface area (TPSA) is 38.0 Å². The predicted molar refractivity (Wildman–Crippen MR) is 71.6 cm³/mol. The zero-order valence-corrected chi connectivity index (χ0v) is 11.0. The summed E-state index contributed by atoms with van der Waals surface area (Å²) < 4.78 is 1.14. The van der Waals surface area contributed by atoms with Crippen LogP contribution in [0.1, 0.15) is 30.7 Å². The van der Waals surface area contributed by atoms with Crippen LogP contribution in [-0.2, 0) is 0 Å². The third-order valence-electron chi connectivity index (χ3n) is 3.36. The molecule has 0 spiro atoms. The summed E-state index contributed by atoms with van der Waals surface area (Å²) in [5.74, 6) is 0.442. The molecule has 16 heavy (non-hydrogen) atoms. The van der Waals surface area contributed by atoms with Crippen LogP contribution in [0.2, 0.25) is 0 Å². The molecule has 1 aromatic carbocycles. The first-order chi connectivity index (χ1) is 7.81. The van der Waals surface area contributed by atoms with E-state index in [-0.39, 0.29) is 0 Å². The molecule has 2 atom stereocenters. The van der Waals surface area contributed by atoms with Gasteiger partial charge in [-0.05, 0) is 37.1 Å². The molecule has 3 heteroatoms. The standard InChI is InChI=1S/C13H19BrN2/c14-11-5-3-4-10(8-11)12(9-15)13-6-1-2-7-16-13/h3-5,8,12-13,16H,1-2,6-7,9,15H2. The van der Waals surface area contributed by atoms with E-state index in [1.807, 2.05) is 0 Å². The summed E-state index contributed by atoms with van der Waals surface area (Å²) in [6.45, 7) is 1.85. The number of halogens is 1. The Balaban J connectivity index is 2.14. The van der Waals surface area contributed by atoms with E-state index in [1.165, 1.54) is 24.8 Å². The van der Waals surface area contributed by atoms with Gasteiger partial charge in [-0.2, -0.15) is 0 Å². The SMILES string of the molecule is NCC(c1cccc(Br)c1)C1CCCCN1. The van der Waals surface area contributed by atoms with Crippen LogP contribution in [-0.4, -0.2) is 19.1 Å². The fourth-order valence-corrected chi connectivity index (χ4v) is 2.91. The Morgan fingerprint density at radius 3 is 2.94 bits per heavy atom. The van der Waals surface area contributed by atoms with Crippen molar-refractivity contribution in [1.82, 2.24) is 5.32 Å². The fourth-order valence-electron chi connectivity index (χ4n) is 2.49. The van der Waals surface area contributed by atoms with E-state index in [9.17, 15) is 0 Å². The molecule has 1 saturated heterocycles. The second-order valence-electron chi connectivity index (χ2n) is 4.45. The van der Waals surface area contributed by atoms with Crippen LogP contribution in [0.25, 0.3) is 0 Å². The maximum Gasteiger partial charge on any atom is 0.0178 e. The largest absolute Gasteiger partial charge is 0.330 e. The van der Waals surface area contributed by atoms with Gasteiger partial charge in [0, 0.05) is 23.0 Å². The maximum atomic E-state index is 5.93. The first-order valence-corrected chi connectivity index (χ1v) is 6.79. The summed E-state index contributed by atoms with van der Waals surface area (Å²) in [7, 11) is 0. The van der Waals surface area contributed by atoms with Crippen molar-refractivity contribution in [2.24, 2.45) is 5.73 Å². The third kappa shape index (κ3) is 2.84. The highest BCUT2D eigenvalue weighted by atomic mass is 79.9. The van der Waals surface area contributed by atoms with E-state index in [1.54, 1.807) is 0 Å². The molecule has 2 rings (SSSR count). The van der Waals surface area contributed by atoms with Gasteiger partial charge in [-0.15, -0.1) is 0 Å². The molecule has 1 heterocycles. The summed E-state index contributed by atoms with van der Waals surface area (Å²) in [4.78, 5) is 0. The average Bonchev–Trinajstić information content (AvgIpc) is 2.31. The van der Waals surface area contributed by atoms with Crippen molar-refractivity contribution in [2.45, 2.75) is 31.2 Å². The molecule has 0 saturated carbocycles. The molecule has 0 aromatic heterocycles. The Labute approximate surface area is 106 Å². The summed E-state index contributed by atoms with van der Waals surface area (Å²) in [5.41, 5.74) is 7.27. The lowest BCUT2D eigenvalue weighted by molar-refractivity contribution is 0.352. The number of piperidine rings is 1. The van der Waals surface area contributed by atoms with Gasteiger partial charge in [0.25, 0.3) is 0 Å². The summed E-state index contributed by atoms with van der Waals surface area (Å²) in [5, 5.41) is 3.59. The molecule has 2 unspecified atom stereocenters. The lowest BCUT2D eigenvalue weighted by Crippen LogP contribution is -2.41. The lowest BCUT2D eigenvalue weighted by Gasteiger charge is -2.31. The third-order valence-corrected chi connectivity index (χ3v) is 3.86. The number of hydrogen-bond acceptors (Lipinski definition) is 2. The van der Waals surface area contributed by atoms with E-state index >= 15 is 0 Å². The molecular weight excluding hydrogens is 264 g/mol. The van der Waals surface area contributed by atoms with Gasteiger partial charge in [-0.3, -0.25) is 0 Å². The van der Waals surface area contributed by atoms with Gasteiger partial charge in [-0.25, -0.2) is 0 Å². The van der Waals surface area contributed by atoms with Crippen molar-refractivity contribution >= 4 is 15.9 Å². The van der Waals surface area contributed by atoms with Gasteiger partial charge < -0.3 is 11.1 Å². The predicted octanol–water partition coefficient (Wildman–Crippen LogP) is 2.63. The van der Waals surface area contributed by atoms with Crippen molar-refractivity contribution in [3.63, 3.8) is 0 Å². The van der Waals surface area contributed by atoms with Crippen molar-refractivity contribution < 1.29 is 0 Å². The molecule has 3 N–H and O–H groups in total. The molecule has 0 radical (unpaired) electrons. The molecule has 2 nitrogen and oxygen atoms in total. The maximum absolute atomic E-state index is 5.93. The van der Waals surface area contributed by atoms with Crippen LogP contribution in [0.3, 0.4) is 0 Å². The zero-order chi connectivity index (χ0) is 11.4. The first kappa shape index (κ1) is 12.1. The molecule has 1 aliphatic rings. The highest BCUT2D eigenvalue weighted by molar-refractivity contribution is 9.10. The lowest BCUT2D eigenvalue weighted by atomic mass is 9.86. The van der Waals surface area contributed by atoms with Crippen molar-refractivity contribution in [2.75, 3.05) is 13.1 Å². The summed E-state index contributed by atoms with van der Waals surface area (Å²) in [6, 6.07) is 9.07. The minimum atomic E-state index is 0.442. The fraction of sp³-hybridized carbons (Fsp3) is 0.538. The summed E-state index contributed by atoms with van der Waals surface area (Å²) in [6.07, 6.45) is 3.86. The minimum Gasteiger partial charge on any atom is -0.330 e. The monoisotopic (exact) mass is 282 g/mol. The average molecular weight is 283 g/mol. The molecule has 1 fully saturated rings. The van der Waals surface area contributed by atoms with Gasteiger partial charge in [0.05, 0.1) is 0 Å². The molecular formula is C13H19BrN2. The van der Waals surface area contributed by atoms with Crippen molar-refractivity contribution in [1.29, 1.82) is 0 Å². The minimum absolute atomic E-state index is 0.442. The van der Waals surface area contributed by atoms with Crippen LogP contribution >= 0.6 is 15.9 Å². The van der Waals surface area contributed by atoms with Crippen LogP contribution < -0.4 is 11.1 Å². The Kier molecular flexibility index (Phi) is 4.38. The number of rotatable bonds is 3. The Bertz CT molecular complexity index is 334. The van der Waals surface area contributed by atoms with Crippen LogP contribution in [0.15, 0.2) is 28.7 Å². The normalized spacial score (nSPS) is 23.0. The van der Waals surface area contributed by atoms with Gasteiger partial charge >= 0.3 is 0 Å². The highest BCUT2D eigenvalue weighted by Crippen LogP contribution is 2.26. The Morgan fingerprint density at radius 2 is 2.31 bits per heavy atom. The highest BCUT2D eigenvalue weighted by Gasteiger charge is 2.23.